The van der Waals surface area contributed by atoms with Crippen molar-refractivity contribution in [1.82, 2.24) is 20.2 Å². The zero-order chi connectivity index (χ0) is 18.1. The summed E-state index contributed by atoms with van der Waals surface area (Å²) in [5, 5.41) is 6.46. The Hall–Kier alpha value is -2.34. The molecule has 1 fully saturated rings. The lowest BCUT2D eigenvalue weighted by molar-refractivity contribution is 0.0935. The van der Waals surface area contributed by atoms with Gasteiger partial charge in [-0.15, -0.1) is 0 Å². The largest absolute Gasteiger partial charge is 0.347 e. The molecule has 2 heterocycles. The lowest BCUT2D eigenvalue weighted by atomic mass is 10.1. The molecule has 1 aromatic carbocycles. The first-order chi connectivity index (χ1) is 12.6. The van der Waals surface area contributed by atoms with Crippen LogP contribution in [0.4, 0.5) is 0 Å². The number of imidazole rings is 1. The first kappa shape index (κ1) is 17.1. The number of fused-ring (bicyclic) bond motifs is 1. The maximum absolute atomic E-state index is 12.7. The molecule has 1 aromatic heterocycles. The van der Waals surface area contributed by atoms with Crippen molar-refractivity contribution in [1.29, 1.82) is 0 Å². The monoisotopic (exact) mass is 372 g/mol. The van der Waals surface area contributed by atoms with E-state index in [1.807, 2.05) is 22.8 Å². The number of benzene rings is 1. The number of hydrogen-bond acceptors (Lipinski definition) is 3. The molecule has 0 atom stereocenters. The number of amides is 2. The minimum atomic E-state index is -0.263. The van der Waals surface area contributed by atoms with Crippen LogP contribution in [0.2, 0.25) is 5.02 Å². The molecule has 136 valence electrons. The summed E-state index contributed by atoms with van der Waals surface area (Å²) in [5.41, 5.74) is 2.06. The Kier molecular flexibility index (Phi) is 4.68. The van der Waals surface area contributed by atoms with Crippen molar-refractivity contribution in [2.45, 2.75) is 51.2 Å². The zero-order valence-electron chi connectivity index (χ0n) is 14.4. The number of nitrogens with zero attached hydrogens (tertiary/aromatic N) is 2. The van der Waals surface area contributed by atoms with Crippen molar-refractivity contribution in [3.05, 3.63) is 52.1 Å². The first-order valence-corrected chi connectivity index (χ1v) is 9.43. The average Bonchev–Trinajstić information content (AvgIpc) is 3.37. The first-order valence-electron chi connectivity index (χ1n) is 9.05. The highest BCUT2D eigenvalue weighted by Gasteiger charge is 2.30. The molecule has 0 saturated heterocycles. The van der Waals surface area contributed by atoms with Gasteiger partial charge >= 0.3 is 0 Å². The predicted octanol–water partition coefficient (Wildman–Crippen LogP) is 2.70. The molecule has 2 N–H and O–H groups in total. The summed E-state index contributed by atoms with van der Waals surface area (Å²) in [6, 6.07) is 7.66. The van der Waals surface area contributed by atoms with E-state index in [0.717, 1.165) is 49.9 Å². The second-order valence-electron chi connectivity index (χ2n) is 6.86. The topological polar surface area (TPSA) is 76.0 Å². The van der Waals surface area contributed by atoms with Crippen LogP contribution in [0, 0.1) is 0 Å². The number of hydrogen-bond donors (Lipinski definition) is 2. The predicted molar refractivity (Wildman–Crippen MR) is 98.3 cm³/mol. The number of rotatable bonds is 5. The Morgan fingerprint density at radius 1 is 1.19 bits per heavy atom. The van der Waals surface area contributed by atoms with Gasteiger partial charge in [0.1, 0.15) is 5.69 Å². The average molecular weight is 373 g/mol. The molecule has 6 nitrogen and oxygen atoms in total. The maximum atomic E-state index is 12.7. The highest BCUT2D eigenvalue weighted by atomic mass is 35.5. The van der Waals surface area contributed by atoms with E-state index in [1.54, 1.807) is 6.07 Å². The third kappa shape index (κ3) is 3.46. The molecule has 0 unspecified atom stereocenters. The third-order valence-electron chi connectivity index (χ3n) is 4.85. The van der Waals surface area contributed by atoms with Gasteiger partial charge in [0.05, 0.1) is 5.69 Å². The molecule has 2 amide bonds. The van der Waals surface area contributed by atoms with E-state index in [9.17, 15) is 9.59 Å². The lowest BCUT2D eigenvalue weighted by Crippen LogP contribution is -2.29. The van der Waals surface area contributed by atoms with Gasteiger partial charge in [0, 0.05) is 24.2 Å². The molecule has 1 aliphatic heterocycles. The van der Waals surface area contributed by atoms with Crippen LogP contribution in [0.1, 0.15) is 58.0 Å². The molecular weight excluding hydrogens is 352 g/mol. The van der Waals surface area contributed by atoms with Gasteiger partial charge < -0.3 is 15.2 Å². The SMILES string of the molecule is O=C(NCc1ccccc1Cl)c1nc(C(=O)NC2CC2)n2c1CCCC2. The van der Waals surface area contributed by atoms with Crippen LogP contribution < -0.4 is 10.6 Å². The highest BCUT2D eigenvalue weighted by Crippen LogP contribution is 2.23. The van der Waals surface area contributed by atoms with Gasteiger partial charge in [-0.3, -0.25) is 9.59 Å². The molecule has 1 saturated carbocycles. The molecule has 0 spiro atoms. The fraction of sp³-hybridized carbons (Fsp3) is 0.421. The van der Waals surface area contributed by atoms with Gasteiger partial charge in [0.15, 0.2) is 5.82 Å². The number of aromatic nitrogens is 2. The molecule has 4 rings (SSSR count). The second kappa shape index (κ2) is 7.11. The standard InChI is InChI=1S/C19H21ClN4O2/c20-14-6-2-1-5-12(14)11-21-18(25)16-15-7-3-4-10-24(15)17(23-16)19(26)22-13-8-9-13/h1-2,5-6,13H,3-4,7-11H2,(H,21,25)(H,22,26). The minimum absolute atomic E-state index is 0.180. The molecule has 0 bridgehead atoms. The van der Waals surface area contributed by atoms with Crippen molar-refractivity contribution in [3.63, 3.8) is 0 Å². The van der Waals surface area contributed by atoms with Gasteiger partial charge in [-0.1, -0.05) is 29.8 Å². The zero-order valence-corrected chi connectivity index (χ0v) is 15.2. The Morgan fingerprint density at radius 2 is 2.00 bits per heavy atom. The van der Waals surface area contributed by atoms with Crippen LogP contribution in [0.15, 0.2) is 24.3 Å². The van der Waals surface area contributed by atoms with E-state index in [4.69, 9.17) is 11.6 Å². The second-order valence-corrected chi connectivity index (χ2v) is 7.27. The summed E-state index contributed by atoms with van der Waals surface area (Å²) in [4.78, 5) is 29.6. The van der Waals surface area contributed by atoms with Crippen LogP contribution in [0.5, 0.6) is 0 Å². The number of halogens is 1. The van der Waals surface area contributed by atoms with E-state index in [0.29, 0.717) is 23.1 Å². The van der Waals surface area contributed by atoms with Crippen molar-refractivity contribution < 1.29 is 9.59 Å². The van der Waals surface area contributed by atoms with Crippen LogP contribution >= 0.6 is 11.6 Å². The minimum Gasteiger partial charge on any atom is -0.347 e. The lowest BCUT2D eigenvalue weighted by Gasteiger charge is -2.17. The van der Waals surface area contributed by atoms with Gasteiger partial charge in [-0.25, -0.2) is 4.98 Å². The normalized spacial score (nSPS) is 16.0. The Morgan fingerprint density at radius 3 is 2.77 bits per heavy atom. The number of nitrogens with one attached hydrogen (secondary N) is 2. The Bertz CT molecular complexity index is 857. The van der Waals surface area contributed by atoms with Crippen LogP contribution in [0.25, 0.3) is 0 Å². The van der Waals surface area contributed by atoms with E-state index < -0.39 is 0 Å². The quantitative estimate of drug-likeness (QED) is 0.847. The van der Waals surface area contributed by atoms with E-state index in [1.165, 1.54) is 0 Å². The summed E-state index contributed by atoms with van der Waals surface area (Å²) < 4.78 is 1.91. The molecule has 1 aliphatic carbocycles. The molecular formula is C19H21ClN4O2. The summed E-state index contributed by atoms with van der Waals surface area (Å²) in [7, 11) is 0. The summed E-state index contributed by atoms with van der Waals surface area (Å²) in [6.45, 7) is 1.06. The van der Waals surface area contributed by atoms with Gasteiger partial charge in [-0.2, -0.15) is 0 Å². The Balaban J connectivity index is 1.55. The van der Waals surface area contributed by atoms with Crippen molar-refractivity contribution in [2.75, 3.05) is 0 Å². The van der Waals surface area contributed by atoms with Gasteiger partial charge in [-0.05, 0) is 43.7 Å². The Labute approximate surface area is 156 Å². The summed E-state index contributed by atoms with van der Waals surface area (Å²) >= 11 is 6.15. The third-order valence-corrected chi connectivity index (χ3v) is 5.21. The maximum Gasteiger partial charge on any atom is 0.287 e. The van der Waals surface area contributed by atoms with Crippen LogP contribution in [-0.2, 0) is 19.5 Å². The molecule has 26 heavy (non-hydrogen) atoms. The summed E-state index contributed by atoms with van der Waals surface area (Å²) in [6.07, 6.45) is 4.79. The number of carbonyl (C=O) groups excluding carboxylic acids is 2. The van der Waals surface area contributed by atoms with Crippen LogP contribution in [0.3, 0.4) is 0 Å². The van der Waals surface area contributed by atoms with Gasteiger partial charge in [0.25, 0.3) is 11.8 Å². The molecule has 7 heteroatoms. The van der Waals surface area contributed by atoms with E-state index >= 15 is 0 Å². The van der Waals surface area contributed by atoms with E-state index in [-0.39, 0.29) is 17.9 Å². The molecule has 2 aliphatic rings. The number of carbonyl (C=O) groups is 2. The fourth-order valence-electron chi connectivity index (χ4n) is 3.28. The van der Waals surface area contributed by atoms with Gasteiger partial charge in [0.2, 0.25) is 0 Å². The van der Waals surface area contributed by atoms with Crippen molar-refractivity contribution >= 4 is 23.4 Å². The molecule has 0 radical (unpaired) electrons. The highest BCUT2D eigenvalue weighted by molar-refractivity contribution is 6.31. The summed E-state index contributed by atoms with van der Waals surface area (Å²) in [5.74, 6) is -0.0867. The van der Waals surface area contributed by atoms with Crippen LogP contribution in [-0.4, -0.2) is 27.4 Å². The molecule has 2 aromatic rings. The van der Waals surface area contributed by atoms with E-state index in [2.05, 4.69) is 15.6 Å². The van der Waals surface area contributed by atoms with Crippen molar-refractivity contribution in [3.8, 4) is 0 Å². The smallest absolute Gasteiger partial charge is 0.287 e. The van der Waals surface area contributed by atoms with Crippen molar-refractivity contribution in [2.24, 2.45) is 0 Å². The fourth-order valence-corrected chi connectivity index (χ4v) is 3.48.